The van der Waals surface area contributed by atoms with E-state index in [9.17, 15) is 5.11 Å². The molecule has 0 amide bonds. The molecule has 0 unspecified atom stereocenters. The van der Waals surface area contributed by atoms with E-state index in [2.05, 4.69) is 36.5 Å². The second kappa shape index (κ2) is 6.02. The van der Waals surface area contributed by atoms with E-state index >= 15 is 0 Å². The van der Waals surface area contributed by atoms with Crippen molar-refractivity contribution < 1.29 is 5.11 Å². The lowest BCUT2D eigenvalue weighted by molar-refractivity contribution is 0.253. The van der Waals surface area contributed by atoms with Crippen molar-refractivity contribution in [3.05, 3.63) is 36.0 Å². The molecule has 0 saturated heterocycles. The molecule has 0 radical (unpaired) electrons. The summed E-state index contributed by atoms with van der Waals surface area (Å²) in [5.74, 6) is 0. The number of aromatic nitrogens is 1. The van der Waals surface area contributed by atoms with E-state index in [0.717, 1.165) is 37.0 Å². The molecule has 3 nitrogen and oxygen atoms in total. The van der Waals surface area contributed by atoms with E-state index in [4.69, 9.17) is 4.98 Å². The van der Waals surface area contributed by atoms with Crippen molar-refractivity contribution >= 4 is 16.6 Å². The van der Waals surface area contributed by atoms with Gasteiger partial charge in [0, 0.05) is 29.9 Å². The molecule has 1 saturated carbocycles. The maximum absolute atomic E-state index is 9.19. The molecular formula is C18H24N2O. The van der Waals surface area contributed by atoms with Gasteiger partial charge in [-0.05, 0) is 43.2 Å². The summed E-state index contributed by atoms with van der Waals surface area (Å²) in [5, 5.41) is 14.0. The molecule has 0 atom stereocenters. The predicted octanol–water partition coefficient (Wildman–Crippen LogP) is 3.76. The van der Waals surface area contributed by atoms with Gasteiger partial charge in [0.05, 0.1) is 5.52 Å². The first-order valence-electron chi connectivity index (χ1n) is 8.00. The van der Waals surface area contributed by atoms with Gasteiger partial charge >= 0.3 is 0 Å². The summed E-state index contributed by atoms with van der Waals surface area (Å²) in [4.78, 5) is 4.74. The topological polar surface area (TPSA) is 45.1 Å². The molecule has 3 heteroatoms. The molecule has 3 rings (SSSR count). The summed E-state index contributed by atoms with van der Waals surface area (Å²) in [6.07, 6.45) is 5.49. The van der Waals surface area contributed by atoms with Crippen LogP contribution in [0.4, 0.5) is 5.69 Å². The fourth-order valence-electron chi connectivity index (χ4n) is 2.97. The van der Waals surface area contributed by atoms with Gasteiger partial charge in [-0.25, -0.2) is 0 Å². The number of fused-ring (bicyclic) bond motifs is 1. The number of rotatable bonds is 7. The number of hydrogen-bond donors (Lipinski definition) is 2. The summed E-state index contributed by atoms with van der Waals surface area (Å²) >= 11 is 0. The number of nitrogens with one attached hydrogen (secondary N) is 1. The Morgan fingerprint density at radius 3 is 2.81 bits per heavy atom. The highest BCUT2D eigenvalue weighted by Crippen LogP contribution is 2.48. The van der Waals surface area contributed by atoms with Crippen molar-refractivity contribution in [1.82, 2.24) is 4.98 Å². The number of anilines is 1. The normalized spacial score (nSPS) is 16.1. The number of para-hydroxylation sites is 1. The number of aliphatic hydroxyl groups is 1. The average molecular weight is 284 g/mol. The SMILES string of the molecule is CCCc1cc(NCC2(CCO)CC2)c2ccccc2n1. The summed E-state index contributed by atoms with van der Waals surface area (Å²) in [6.45, 7) is 3.43. The van der Waals surface area contributed by atoms with Gasteiger partial charge < -0.3 is 10.4 Å². The van der Waals surface area contributed by atoms with Crippen LogP contribution in [-0.4, -0.2) is 23.2 Å². The van der Waals surface area contributed by atoms with Gasteiger partial charge in [0.2, 0.25) is 0 Å². The van der Waals surface area contributed by atoms with Crippen LogP contribution in [0.3, 0.4) is 0 Å². The molecule has 1 aliphatic rings. The van der Waals surface area contributed by atoms with Crippen LogP contribution in [0, 0.1) is 5.41 Å². The molecule has 2 aromatic rings. The molecule has 0 bridgehead atoms. The monoisotopic (exact) mass is 284 g/mol. The molecule has 1 aromatic carbocycles. The molecule has 1 aliphatic carbocycles. The first-order chi connectivity index (χ1) is 10.3. The van der Waals surface area contributed by atoms with Crippen molar-refractivity contribution in [1.29, 1.82) is 0 Å². The highest BCUT2D eigenvalue weighted by molar-refractivity contribution is 5.91. The molecule has 0 aliphatic heterocycles. The van der Waals surface area contributed by atoms with Gasteiger partial charge in [-0.15, -0.1) is 0 Å². The van der Waals surface area contributed by atoms with Gasteiger partial charge in [-0.3, -0.25) is 4.98 Å². The maximum Gasteiger partial charge on any atom is 0.0726 e. The van der Waals surface area contributed by atoms with Crippen LogP contribution >= 0.6 is 0 Å². The Balaban J connectivity index is 1.85. The predicted molar refractivity (Wildman–Crippen MR) is 87.6 cm³/mol. The molecule has 1 fully saturated rings. The van der Waals surface area contributed by atoms with Crippen molar-refractivity contribution in [3.8, 4) is 0 Å². The highest BCUT2D eigenvalue weighted by Gasteiger charge is 2.41. The zero-order chi connectivity index (χ0) is 14.7. The van der Waals surface area contributed by atoms with Crippen molar-refractivity contribution in [3.63, 3.8) is 0 Å². The minimum absolute atomic E-state index is 0.292. The summed E-state index contributed by atoms with van der Waals surface area (Å²) in [7, 11) is 0. The van der Waals surface area contributed by atoms with Crippen LogP contribution in [0.25, 0.3) is 10.9 Å². The number of pyridine rings is 1. The van der Waals surface area contributed by atoms with Crippen LogP contribution in [0.15, 0.2) is 30.3 Å². The Morgan fingerprint density at radius 1 is 1.29 bits per heavy atom. The maximum atomic E-state index is 9.19. The molecule has 2 N–H and O–H groups in total. The lowest BCUT2D eigenvalue weighted by atomic mass is 10.0. The van der Waals surface area contributed by atoms with Crippen LogP contribution in [0.5, 0.6) is 0 Å². The largest absolute Gasteiger partial charge is 0.396 e. The Kier molecular flexibility index (Phi) is 4.11. The van der Waals surface area contributed by atoms with Crippen LogP contribution in [0.1, 0.15) is 38.3 Å². The third-order valence-electron chi connectivity index (χ3n) is 4.53. The van der Waals surface area contributed by atoms with E-state index in [1.807, 2.05) is 6.07 Å². The van der Waals surface area contributed by atoms with E-state index in [-0.39, 0.29) is 0 Å². The molecule has 1 heterocycles. The average Bonchev–Trinajstić information content (AvgIpc) is 3.26. The molecule has 1 aromatic heterocycles. The van der Waals surface area contributed by atoms with Gasteiger partial charge in [0.1, 0.15) is 0 Å². The van der Waals surface area contributed by atoms with E-state index in [0.29, 0.717) is 12.0 Å². The fraction of sp³-hybridized carbons (Fsp3) is 0.500. The Bertz CT molecular complexity index is 620. The van der Waals surface area contributed by atoms with Crippen molar-refractivity contribution in [2.75, 3.05) is 18.5 Å². The smallest absolute Gasteiger partial charge is 0.0726 e. The number of hydrogen-bond acceptors (Lipinski definition) is 3. The minimum atomic E-state index is 0.292. The summed E-state index contributed by atoms with van der Waals surface area (Å²) in [5.41, 5.74) is 3.74. The van der Waals surface area contributed by atoms with E-state index in [1.165, 1.54) is 23.9 Å². The second-order valence-electron chi connectivity index (χ2n) is 6.26. The number of aryl methyl sites for hydroxylation is 1. The van der Waals surface area contributed by atoms with Crippen LogP contribution < -0.4 is 5.32 Å². The quantitative estimate of drug-likeness (QED) is 0.813. The van der Waals surface area contributed by atoms with Gasteiger partial charge in [0.25, 0.3) is 0 Å². The van der Waals surface area contributed by atoms with Crippen LogP contribution in [0.2, 0.25) is 0 Å². The Morgan fingerprint density at radius 2 is 2.10 bits per heavy atom. The third-order valence-corrected chi connectivity index (χ3v) is 4.53. The first kappa shape index (κ1) is 14.3. The van der Waals surface area contributed by atoms with Crippen molar-refractivity contribution in [2.45, 2.75) is 39.0 Å². The van der Waals surface area contributed by atoms with Gasteiger partial charge in [-0.1, -0.05) is 31.5 Å². The third kappa shape index (κ3) is 3.18. The fourth-order valence-corrected chi connectivity index (χ4v) is 2.97. The molecule has 112 valence electrons. The van der Waals surface area contributed by atoms with E-state index < -0.39 is 0 Å². The molecule has 0 spiro atoms. The lowest BCUT2D eigenvalue weighted by Crippen LogP contribution is -2.17. The van der Waals surface area contributed by atoms with Crippen molar-refractivity contribution in [2.24, 2.45) is 5.41 Å². The van der Waals surface area contributed by atoms with Gasteiger partial charge in [-0.2, -0.15) is 0 Å². The summed E-state index contributed by atoms with van der Waals surface area (Å²) < 4.78 is 0. The second-order valence-corrected chi connectivity index (χ2v) is 6.26. The first-order valence-corrected chi connectivity index (χ1v) is 8.00. The zero-order valence-electron chi connectivity index (χ0n) is 12.7. The molecule has 21 heavy (non-hydrogen) atoms. The van der Waals surface area contributed by atoms with Crippen LogP contribution in [-0.2, 0) is 6.42 Å². The van der Waals surface area contributed by atoms with E-state index in [1.54, 1.807) is 0 Å². The Hall–Kier alpha value is -1.61. The minimum Gasteiger partial charge on any atom is -0.396 e. The number of aliphatic hydroxyl groups excluding tert-OH is 1. The van der Waals surface area contributed by atoms with Gasteiger partial charge in [0.15, 0.2) is 0 Å². The lowest BCUT2D eigenvalue weighted by Gasteiger charge is -2.17. The number of benzene rings is 1. The number of nitrogens with zero attached hydrogens (tertiary/aromatic N) is 1. The molecular weight excluding hydrogens is 260 g/mol. The highest BCUT2D eigenvalue weighted by atomic mass is 16.3. The standard InChI is InChI=1S/C18H24N2O/c1-2-5-14-12-17(15-6-3-4-7-16(15)20-14)19-13-18(8-9-18)10-11-21/h3-4,6-7,12,21H,2,5,8-11,13H2,1H3,(H,19,20). The Labute approximate surface area is 126 Å². The zero-order valence-corrected chi connectivity index (χ0v) is 12.7. The summed E-state index contributed by atoms with van der Waals surface area (Å²) in [6, 6.07) is 10.5.